The number of nitrogens with zero attached hydrogens (tertiary/aromatic N) is 4. The minimum Gasteiger partial charge on any atom is -0.382 e. The Kier molecular flexibility index (Phi) is 3.99. The number of likely N-dealkylation sites (tertiary alicyclic amines) is 1. The first-order valence-corrected chi connectivity index (χ1v) is 7.20. The van der Waals surface area contributed by atoms with E-state index < -0.39 is 28.8 Å². The maximum absolute atomic E-state index is 13.1. The smallest absolute Gasteiger partial charge is 0.382 e. The molecule has 1 fully saturated rings. The van der Waals surface area contributed by atoms with Crippen molar-refractivity contribution < 1.29 is 23.1 Å². The summed E-state index contributed by atoms with van der Waals surface area (Å²) in [6, 6.07) is 1.04. The Balaban J connectivity index is 1.89. The summed E-state index contributed by atoms with van der Waals surface area (Å²) in [5.74, 6) is -0.800. The Morgan fingerprint density at radius 2 is 2.17 bits per heavy atom. The molecule has 0 bridgehead atoms. The molecular formula is C14H14F3N5O2. The van der Waals surface area contributed by atoms with E-state index in [1.54, 1.807) is 0 Å². The number of alkyl halides is 3. The summed E-state index contributed by atoms with van der Waals surface area (Å²) in [4.78, 5) is 17.2. The number of aromatic nitrogens is 4. The molecule has 1 aliphatic rings. The molecule has 0 aliphatic carbocycles. The third kappa shape index (κ3) is 2.96. The van der Waals surface area contributed by atoms with Gasteiger partial charge in [-0.25, -0.2) is 0 Å². The predicted molar refractivity (Wildman–Crippen MR) is 74.7 cm³/mol. The summed E-state index contributed by atoms with van der Waals surface area (Å²) >= 11 is 0. The highest BCUT2D eigenvalue weighted by Gasteiger charge is 2.41. The van der Waals surface area contributed by atoms with Crippen LogP contribution in [-0.2, 0) is 11.8 Å². The van der Waals surface area contributed by atoms with E-state index in [0.717, 1.165) is 12.3 Å². The van der Waals surface area contributed by atoms with Crippen molar-refractivity contribution in [1.29, 1.82) is 0 Å². The number of rotatable bonds is 2. The molecule has 0 saturated carbocycles. The Morgan fingerprint density at radius 1 is 1.38 bits per heavy atom. The van der Waals surface area contributed by atoms with Crippen molar-refractivity contribution in [2.24, 2.45) is 0 Å². The van der Waals surface area contributed by atoms with Gasteiger partial charge < -0.3 is 10.0 Å². The zero-order valence-electron chi connectivity index (χ0n) is 12.4. The third-order valence-electron chi connectivity index (χ3n) is 4.01. The molecule has 2 aromatic rings. The number of piperidine rings is 1. The van der Waals surface area contributed by atoms with Crippen LogP contribution < -0.4 is 0 Å². The molecule has 2 aromatic heterocycles. The molecule has 1 saturated heterocycles. The van der Waals surface area contributed by atoms with Crippen molar-refractivity contribution in [2.75, 3.05) is 13.1 Å². The van der Waals surface area contributed by atoms with Gasteiger partial charge in [-0.1, -0.05) is 0 Å². The van der Waals surface area contributed by atoms with E-state index in [2.05, 4.69) is 20.4 Å². The Labute approximate surface area is 134 Å². The quantitative estimate of drug-likeness (QED) is 0.860. The van der Waals surface area contributed by atoms with Crippen molar-refractivity contribution in [3.8, 4) is 0 Å². The highest BCUT2D eigenvalue weighted by molar-refractivity contribution is 5.95. The second-order valence-corrected chi connectivity index (χ2v) is 5.64. The normalized spacial score (nSPS) is 21.8. The van der Waals surface area contributed by atoms with E-state index in [1.807, 2.05) is 0 Å². The number of carbonyl (C=O) groups excluding carboxylic acids is 1. The molecule has 0 spiro atoms. The molecule has 128 valence electrons. The number of carbonyl (C=O) groups is 1. The summed E-state index contributed by atoms with van der Waals surface area (Å²) in [7, 11) is 0. The monoisotopic (exact) mass is 341 g/mol. The maximum Gasteiger partial charge on any atom is 0.418 e. The molecule has 10 heteroatoms. The van der Waals surface area contributed by atoms with Crippen LogP contribution in [0.15, 0.2) is 24.7 Å². The van der Waals surface area contributed by atoms with E-state index in [1.165, 1.54) is 11.1 Å². The zero-order chi connectivity index (χ0) is 17.4. The van der Waals surface area contributed by atoms with Gasteiger partial charge in [0.25, 0.3) is 5.91 Å². The molecule has 2 N–H and O–H groups in total. The summed E-state index contributed by atoms with van der Waals surface area (Å²) in [5.41, 5.74) is -2.76. The molecule has 7 nitrogen and oxygen atoms in total. The van der Waals surface area contributed by atoms with Crippen molar-refractivity contribution in [1.82, 2.24) is 25.3 Å². The highest BCUT2D eigenvalue weighted by Crippen LogP contribution is 2.34. The first-order chi connectivity index (χ1) is 11.3. The van der Waals surface area contributed by atoms with Crippen LogP contribution >= 0.6 is 0 Å². The maximum atomic E-state index is 13.1. The van der Waals surface area contributed by atoms with Gasteiger partial charge in [0.1, 0.15) is 11.3 Å². The fraction of sp³-hybridized carbons (Fsp3) is 0.429. The van der Waals surface area contributed by atoms with Crippen LogP contribution in [0.5, 0.6) is 0 Å². The number of hydrogen-bond donors (Lipinski definition) is 2. The fourth-order valence-electron chi connectivity index (χ4n) is 2.82. The van der Waals surface area contributed by atoms with Gasteiger partial charge in [-0.05, 0) is 18.9 Å². The van der Waals surface area contributed by atoms with Crippen LogP contribution in [0.3, 0.4) is 0 Å². The standard InChI is InChI=1S/C14H14F3N5O2/c15-14(16,17)10-6-18-4-2-9(10)12(23)22-5-1-3-13(24,8-22)11-7-19-21-20-11/h2,4,6-7,24H,1,3,5,8H2,(H,19,20,21). The molecule has 24 heavy (non-hydrogen) atoms. The van der Waals surface area contributed by atoms with Gasteiger partial charge in [-0.15, -0.1) is 0 Å². The molecule has 1 unspecified atom stereocenters. The van der Waals surface area contributed by atoms with Gasteiger partial charge in [-0.3, -0.25) is 9.78 Å². The Hall–Kier alpha value is -2.49. The largest absolute Gasteiger partial charge is 0.418 e. The number of aliphatic hydroxyl groups is 1. The molecule has 1 atom stereocenters. The molecule has 0 radical (unpaired) electrons. The van der Waals surface area contributed by atoms with Gasteiger partial charge in [0.05, 0.1) is 23.9 Å². The lowest BCUT2D eigenvalue weighted by atomic mass is 9.89. The van der Waals surface area contributed by atoms with Crippen LogP contribution in [-0.4, -0.2) is 49.4 Å². The molecule has 3 heterocycles. The average Bonchev–Trinajstić information content (AvgIpc) is 3.09. The SMILES string of the molecule is O=C(c1ccncc1C(F)(F)F)N1CCCC(O)(c2cn[nH]n2)C1. The number of nitrogens with one attached hydrogen (secondary N) is 1. The molecule has 3 rings (SSSR count). The first kappa shape index (κ1) is 16.4. The van der Waals surface area contributed by atoms with Gasteiger partial charge in [0.2, 0.25) is 0 Å². The second-order valence-electron chi connectivity index (χ2n) is 5.64. The van der Waals surface area contributed by atoms with Crippen LogP contribution in [0.2, 0.25) is 0 Å². The number of hydrogen-bond acceptors (Lipinski definition) is 5. The minimum atomic E-state index is -4.68. The molecule has 1 aliphatic heterocycles. The predicted octanol–water partition coefficient (Wildman–Crippen LogP) is 1.34. The van der Waals surface area contributed by atoms with Crippen molar-refractivity contribution in [3.05, 3.63) is 41.5 Å². The van der Waals surface area contributed by atoms with Crippen LogP contribution in [0, 0.1) is 0 Å². The van der Waals surface area contributed by atoms with E-state index in [0.29, 0.717) is 19.0 Å². The number of amides is 1. The molecular weight excluding hydrogens is 327 g/mol. The van der Waals surface area contributed by atoms with E-state index in [9.17, 15) is 23.1 Å². The third-order valence-corrected chi connectivity index (χ3v) is 4.01. The van der Waals surface area contributed by atoms with E-state index >= 15 is 0 Å². The summed E-state index contributed by atoms with van der Waals surface area (Å²) in [5, 5.41) is 20.5. The van der Waals surface area contributed by atoms with Gasteiger partial charge in [0.15, 0.2) is 0 Å². The Bertz CT molecular complexity index is 734. The highest BCUT2D eigenvalue weighted by atomic mass is 19.4. The minimum absolute atomic E-state index is 0.155. The van der Waals surface area contributed by atoms with Crippen LogP contribution in [0.25, 0.3) is 0 Å². The summed E-state index contributed by atoms with van der Waals surface area (Å²) in [6.45, 7) is 0.0939. The van der Waals surface area contributed by atoms with Crippen molar-refractivity contribution in [2.45, 2.75) is 24.6 Å². The number of aromatic amines is 1. The van der Waals surface area contributed by atoms with E-state index in [-0.39, 0.29) is 18.8 Å². The number of H-pyrrole nitrogens is 1. The number of halogens is 3. The van der Waals surface area contributed by atoms with Crippen molar-refractivity contribution >= 4 is 5.91 Å². The van der Waals surface area contributed by atoms with Gasteiger partial charge in [-0.2, -0.15) is 28.6 Å². The van der Waals surface area contributed by atoms with E-state index in [4.69, 9.17) is 0 Å². The molecule has 0 aromatic carbocycles. The molecule has 1 amide bonds. The van der Waals surface area contributed by atoms with Gasteiger partial charge >= 0.3 is 6.18 Å². The average molecular weight is 341 g/mol. The summed E-state index contributed by atoms with van der Waals surface area (Å²) < 4.78 is 39.2. The first-order valence-electron chi connectivity index (χ1n) is 7.20. The fourth-order valence-corrected chi connectivity index (χ4v) is 2.82. The number of pyridine rings is 1. The lowest BCUT2D eigenvalue weighted by Gasteiger charge is -2.38. The van der Waals surface area contributed by atoms with Crippen LogP contribution in [0.4, 0.5) is 13.2 Å². The lowest BCUT2D eigenvalue weighted by Crippen LogP contribution is -2.49. The lowest BCUT2D eigenvalue weighted by molar-refractivity contribution is -0.138. The van der Waals surface area contributed by atoms with Crippen LogP contribution in [0.1, 0.15) is 34.5 Å². The van der Waals surface area contributed by atoms with Crippen molar-refractivity contribution in [3.63, 3.8) is 0 Å². The summed E-state index contributed by atoms with van der Waals surface area (Å²) in [6.07, 6.45) is -0.816. The topological polar surface area (TPSA) is 95.0 Å². The van der Waals surface area contributed by atoms with Gasteiger partial charge in [0, 0.05) is 18.9 Å². The number of β-amino-alcohol motifs (C(OH)–C–C–N with tert-alkyl or cyclic N) is 1. The Morgan fingerprint density at radius 3 is 2.83 bits per heavy atom. The zero-order valence-corrected chi connectivity index (χ0v) is 12.4. The second kappa shape index (κ2) is 5.86.